The Kier molecular flexibility index (Phi) is 3.46. The number of benzene rings is 1. The van der Waals surface area contributed by atoms with Crippen LogP contribution in [0.2, 0.25) is 0 Å². The van der Waals surface area contributed by atoms with E-state index in [1.54, 1.807) is 31.2 Å². The fourth-order valence-electron chi connectivity index (χ4n) is 1.82. The number of nitrogens with one attached hydrogen (secondary N) is 1. The van der Waals surface area contributed by atoms with Crippen LogP contribution in [0.15, 0.2) is 40.1 Å². The molecule has 5 heteroatoms. The van der Waals surface area contributed by atoms with Crippen LogP contribution in [-0.2, 0) is 6.54 Å². The molecule has 1 N–H and O–H groups in total. The molecule has 0 atom stereocenters. The maximum atomic E-state index is 12.2. The molecule has 0 saturated carbocycles. The molecule has 1 heterocycles. The SMILES string of the molecule is CCn1c(=O)[nH]cc(C(=O)c2ccc(C)cc2)c1=O. The third-order valence-electron chi connectivity index (χ3n) is 2.94. The molecule has 0 spiro atoms. The van der Waals surface area contributed by atoms with E-state index in [0.29, 0.717) is 5.56 Å². The molecule has 0 aliphatic rings. The number of ketones is 1. The molecule has 1 aromatic heterocycles. The normalized spacial score (nSPS) is 10.4. The molecule has 98 valence electrons. The second-order valence-electron chi connectivity index (χ2n) is 4.25. The third-order valence-corrected chi connectivity index (χ3v) is 2.94. The van der Waals surface area contributed by atoms with Gasteiger partial charge in [-0.3, -0.25) is 14.2 Å². The van der Waals surface area contributed by atoms with Crippen LogP contribution >= 0.6 is 0 Å². The summed E-state index contributed by atoms with van der Waals surface area (Å²) in [6, 6.07) is 6.94. The van der Waals surface area contributed by atoms with Crippen LogP contribution in [0.4, 0.5) is 0 Å². The van der Waals surface area contributed by atoms with Gasteiger partial charge in [-0.05, 0) is 13.8 Å². The van der Waals surface area contributed by atoms with Crippen LogP contribution in [0.3, 0.4) is 0 Å². The molecule has 0 amide bonds. The highest BCUT2D eigenvalue weighted by Crippen LogP contribution is 2.07. The highest BCUT2D eigenvalue weighted by Gasteiger charge is 2.15. The first-order valence-corrected chi connectivity index (χ1v) is 5.98. The van der Waals surface area contributed by atoms with Gasteiger partial charge in [0.25, 0.3) is 5.56 Å². The lowest BCUT2D eigenvalue weighted by Gasteiger charge is -2.04. The molecule has 0 bridgehead atoms. The van der Waals surface area contributed by atoms with E-state index in [0.717, 1.165) is 10.1 Å². The van der Waals surface area contributed by atoms with E-state index >= 15 is 0 Å². The molecule has 0 aliphatic carbocycles. The molecule has 1 aromatic carbocycles. The minimum absolute atomic E-state index is 0.0229. The monoisotopic (exact) mass is 258 g/mol. The number of hydrogen-bond acceptors (Lipinski definition) is 3. The molecule has 0 aliphatic heterocycles. The average Bonchev–Trinajstić information content (AvgIpc) is 2.39. The summed E-state index contributed by atoms with van der Waals surface area (Å²) >= 11 is 0. The van der Waals surface area contributed by atoms with Gasteiger partial charge in [-0.15, -0.1) is 0 Å². The largest absolute Gasteiger partial charge is 0.328 e. The zero-order valence-electron chi connectivity index (χ0n) is 10.8. The van der Waals surface area contributed by atoms with E-state index in [9.17, 15) is 14.4 Å². The maximum Gasteiger partial charge on any atom is 0.328 e. The summed E-state index contributed by atoms with van der Waals surface area (Å²) in [5, 5.41) is 0. The van der Waals surface area contributed by atoms with Gasteiger partial charge in [0.2, 0.25) is 0 Å². The predicted molar refractivity (Wildman–Crippen MR) is 71.6 cm³/mol. The minimum Gasteiger partial charge on any atom is -0.313 e. The Bertz CT molecular complexity index is 724. The number of rotatable bonds is 3. The highest BCUT2D eigenvalue weighted by atomic mass is 16.2. The molecule has 0 fully saturated rings. The smallest absolute Gasteiger partial charge is 0.313 e. The summed E-state index contributed by atoms with van der Waals surface area (Å²) in [6.45, 7) is 3.82. The van der Waals surface area contributed by atoms with E-state index in [1.807, 2.05) is 6.92 Å². The number of aryl methyl sites for hydroxylation is 1. The summed E-state index contributed by atoms with van der Waals surface area (Å²) in [6.07, 6.45) is 1.18. The van der Waals surface area contributed by atoms with Crippen molar-refractivity contribution in [3.8, 4) is 0 Å². The van der Waals surface area contributed by atoms with Gasteiger partial charge in [-0.1, -0.05) is 29.8 Å². The lowest BCUT2D eigenvalue weighted by Crippen LogP contribution is -2.37. The first-order chi connectivity index (χ1) is 9.04. The van der Waals surface area contributed by atoms with Gasteiger partial charge < -0.3 is 4.98 Å². The minimum atomic E-state index is -0.558. The summed E-state index contributed by atoms with van der Waals surface area (Å²) in [4.78, 5) is 38.1. The lowest BCUT2D eigenvalue weighted by atomic mass is 10.0. The Morgan fingerprint density at radius 2 is 1.84 bits per heavy atom. The van der Waals surface area contributed by atoms with Crippen molar-refractivity contribution in [3.63, 3.8) is 0 Å². The van der Waals surface area contributed by atoms with Crippen molar-refractivity contribution >= 4 is 5.78 Å². The van der Waals surface area contributed by atoms with Gasteiger partial charge in [-0.25, -0.2) is 4.79 Å². The van der Waals surface area contributed by atoms with Crippen molar-refractivity contribution in [2.24, 2.45) is 0 Å². The van der Waals surface area contributed by atoms with E-state index in [4.69, 9.17) is 0 Å². The van der Waals surface area contributed by atoms with Crippen LogP contribution < -0.4 is 11.2 Å². The van der Waals surface area contributed by atoms with Gasteiger partial charge in [0.1, 0.15) is 5.56 Å². The number of aromatic nitrogens is 2. The highest BCUT2D eigenvalue weighted by molar-refractivity contribution is 6.08. The Morgan fingerprint density at radius 3 is 2.42 bits per heavy atom. The maximum absolute atomic E-state index is 12.2. The van der Waals surface area contributed by atoms with E-state index in [2.05, 4.69) is 4.98 Å². The van der Waals surface area contributed by atoms with E-state index in [1.165, 1.54) is 6.20 Å². The van der Waals surface area contributed by atoms with Gasteiger partial charge in [0.15, 0.2) is 5.78 Å². The Balaban J connectivity index is 2.54. The van der Waals surface area contributed by atoms with E-state index in [-0.39, 0.29) is 17.9 Å². The summed E-state index contributed by atoms with van der Waals surface area (Å²) < 4.78 is 1.00. The topological polar surface area (TPSA) is 71.9 Å². The molecule has 0 unspecified atom stereocenters. The predicted octanol–water partition coefficient (Wildman–Crippen LogP) is 1.10. The van der Waals surface area contributed by atoms with Crippen LogP contribution in [0.1, 0.15) is 28.4 Å². The van der Waals surface area contributed by atoms with Crippen LogP contribution in [-0.4, -0.2) is 15.3 Å². The molecular weight excluding hydrogens is 244 g/mol. The van der Waals surface area contributed by atoms with Gasteiger partial charge in [-0.2, -0.15) is 0 Å². The molecule has 19 heavy (non-hydrogen) atoms. The number of carbonyl (C=O) groups excluding carboxylic acids is 1. The molecule has 2 rings (SSSR count). The first kappa shape index (κ1) is 13.0. The van der Waals surface area contributed by atoms with Crippen molar-refractivity contribution < 1.29 is 4.79 Å². The van der Waals surface area contributed by atoms with Gasteiger partial charge in [0, 0.05) is 18.3 Å². The van der Waals surface area contributed by atoms with E-state index < -0.39 is 11.2 Å². The number of nitrogens with zero attached hydrogens (tertiary/aromatic N) is 1. The van der Waals surface area contributed by atoms with Crippen LogP contribution in [0, 0.1) is 6.92 Å². The zero-order valence-corrected chi connectivity index (χ0v) is 10.8. The summed E-state index contributed by atoms with van der Waals surface area (Å²) in [5.74, 6) is -0.386. The average molecular weight is 258 g/mol. The second kappa shape index (κ2) is 5.06. The fraction of sp³-hybridized carbons (Fsp3) is 0.214. The third kappa shape index (κ3) is 2.40. The Morgan fingerprint density at radius 1 is 1.21 bits per heavy atom. The van der Waals surface area contributed by atoms with Crippen molar-refractivity contribution in [1.29, 1.82) is 0 Å². The van der Waals surface area contributed by atoms with Crippen LogP contribution in [0.5, 0.6) is 0 Å². The van der Waals surface area contributed by atoms with Crippen molar-refractivity contribution in [3.05, 3.63) is 68.0 Å². The second-order valence-corrected chi connectivity index (χ2v) is 4.25. The van der Waals surface area contributed by atoms with Gasteiger partial charge in [0.05, 0.1) is 0 Å². The molecular formula is C14H14N2O3. The van der Waals surface area contributed by atoms with Crippen molar-refractivity contribution in [1.82, 2.24) is 9.55 Å². The molecule has 0 saturated heterocycles. The Labute approximate surface area is 109 Å². The quantitative estimate of drug-likeness (QED) is 0.838. The first-order valence-electron chi connectivity index (χ1n) is 5.98. The number of carbonyl (C=O) groups is 1. The summed E-state index contributed by atoms with van der Waals surface area (Å²) in [5.41, 5.74) is 0.372. The number of hydrogen-bond donors (Lipinski definition) is 1. The molecule has 0 radical (unpaired) electrons. The fourth-order valence-corrected chi connectivity index (χ4v) is 1.82. The number of aromatic amines is 1. The molecule has 2 aromatic rings. The number of H-pyrrole nitrogens is 1. The summed E-state index contributed by atoms with van der Waals surface area (Å²) in [7, 11) is 0. The standard InChI is InChI=1S/C14H14N2O3/c1-3-16-13(18)11(8-15-14(16)19)12(17)10-6-4-9(2)5-7-10/h4-8H,3H2,1-2H3,(H,15,19). The van der Waals surface area contributed by atoms with Gasteiger partial charge >= 0.3 is 5.69 Å². The van der Waals surface area contributed by atoms with Crippen LogP contribution in [0.25, 0.3) is 0 Å². The Hall–Kier alpha value is -2.43. The molecule has 5 nitrogen and oxygen atoms in total. The zero-order chi connectivity index (χ0) is 14.0. The van der Waals surface area contributed by atoms with Crippen molar-refractivity contribution in [2.45, 2.75) is 20.4 Å². The lowest BCUT2D eigenvalue weighted by molar-refractivity contribution is 0.103. The van der Waals surface area contributed by atoms with Crippen molar-refractivity contribution in [2.75, 3.05) is 0 Å².